The molecule has 1 fully saturated rings. The van der Waals surface area contributed by atoms with E-state index in [9.17, 15) is 9.59 Å². The van der Waals surface area contributed by atoms with Gasteiger partial charge >= 0.3 is 11.9 Å². The van der Waals surface area contributed by atoms with Crippen molar-refractivity contribution in [2.45, 2.75) is 44.5 Å². The van der Waals surface area contributed by atoms with Gasteiger partial charge in [-0.15, -0.1) is 0 Å². The van der Waals surface area contributed by atoms with Gasteiger partial charge in [-0.2, -0.15) is 0 Å². The van der Waals surface area contributed by atoms with Crippen LogP contribution in [-0.4, -0.2) is 93.0 Å². The molecule has 1 unspecified atom stereocenters. The highest BCUT2D eigenvalue weighted by Gasteiger charge is 2.15. The van der Waals surface area contributed by atoms with E-state index in [1.165, 1.54) is 32.4 Å². The molecule has 0 spiro atoms. The molecule has 0 amide bonds. The second-order valence-electron chi connectivity index (χ2n) is 6.16. The number of hydrogen-bond acceptors (Lipinski definition) is 9. The van der Waals surface area contributed by atoms with E-state index in [4.69, 9.17) is 34.3 Å². The second-order valence-corrected chi connectivity index (χ2v) is 6.16. The Morgan fingerprint density at radius 2 is 1.48 bits per heavy atom. The zero-order valence-electron chi connectivity index (χ0n) is 18.4. The van der Waals surface area contributed by atoms with Crippen molar-refractivity contribution in [3.8, 4) is 0 Å². The summed E-state index contributed by atoms with van der Waals surface area (Å²) in [5.41, 5.74) is 0. The van der Waals surface area contributed by atoms with Gasteiger partial charge in [0.15, 0.2) is 6.29 Å². The summed E-state index contributed by atoms with van der Waals surface area (Å²) in [6.45, 7) is 8.59. The van der Waals surface area contributed by atoms with Crippen molar-refractivity contribution in [1.29, 1.82) is 0 Å². The topological polar surface area (TPSA) is 141 Å². The van der Waals surface area contributed by atoms with Crippen molar-refractivity contribution in [2.24, 2.45) is 0 Å². The predicted octanol–water partition coefficient (Wildman–Crippen LogP) is 1.30. The van der Waals surface area contributed by atoms with E-state index in [1.54, 1.807) is 0 Å². The number of hydrogen-bond donors (Lipinski definition) is 3. The average Bonchev–Trinajstić information content (AvgIpc) is 2.79. The van der Waals surface area contributed by atoms with Crippen molar-refractivity contribution < 1.29 is 48.6 Å². The van der Waals surface area contributed by atoms with Crippen LogP contribution in [0.1, 0.15) is 32.1 Å². The van der Waals surface area contributed by atoms with E-state index < -0.39 is 12.3 Å². The zero-order chi connectivity index (χ0) is 23.7. The van der Waals surface area contributed by atoms with Crippen molar-refractivity contribution >= 4 is 11.9 Å². The Labute approximate surface area is 184 Å². The third-order valence-corrected chi connectivity index (χ3v) is 3.69. The lowest BCUT2D eigenvalue weighted by Crippen LogP contribution is -2.19. The molecule has 1 atom stereocenters. The third-order valence-electron chi connectivity index (χ3n) is 3.69. The van der Waals surface area contributed by atoms with Gasteiger partial charge in [0, 0.05) is 19.3 Å². The lowest BCUT2D eigenvalue weighted by molar-refractivity contribution is -0.144. The third kappa shape index (κ3) is 26.1. The predicted molar refractivity (Wildman–Crippen MR) is 114 cm³/mol. The van der Waals surface area contributed by atoms with Crippen LogP contribution in [0, 0.1) is 0 Å². The van der Waals surface area contributed by atoms with E-state index in [0.29, 0.717) is 33.0 Å². The van der Waals surface area contributed by atoms with Crippen LogP contribution >= 0.6 is 0 Å². The molecule has 0 aromatic rings. The van der Waals surface area contributed by atoms with Gasteiger partial charge in [-0.3, -0.25) is 0 Å². The van der Waals surface area contributed by atoms with Crippen molar-refractivity contribution in [3.63, 3.8) is 0 Å². The molecule has 0 radical (unpaired) electrons. The fraction of sp³-hybridized carbons (Fsp3) is 0.714. The van der Waals surface area contributed by atoms with Crippen LogP contribution in [0.3, 0.4) is 0 Å². The number of carboxylic acid groups (broad SMARTS) is 1. The highest BCUT2D eigenvalue weighted by Crippen LogP contribution is 2.20. The molecule has 10 nitrogen and oxygen atoms in total. The Hall–Kier alpha value is -1.82. The Kier molecular flexibility index (Phi) is 24.7. The number of carbonyl (C=O) groups is 2. The molecule has 1 saturated carbocycles. The van der Waals surface area contributed by atoms with Crippen LogP contribution in [0.25, 0.3) is 0 Å². The molecular formula is C21H38O10. The number of carboxylic acids is 1. The van der Waals surface area contributed by atoms with Gasteiger partial charge in [0.2, 0.25) is 0 Å². The molecule has 1 aliphatic carbocycles. The number of aliphatic hydroxyl groups is 2. The first-order valence-electron chi connectivity index (χ1n) is 10.1. The van der Waals surface area contributed by atoms with Crippen LogP contribution in [-0.2, 0) is 33.3 Å². The number of methoxy groups -OCH3 is 1. The Balaban J connectivity index is 0. The van der Waals surface area contributed by atoms with Crippen molar-refractivity contribution in [2.75, 3.05) is 53.4 Å². The summed E-state index contributed by atoms with van der Waals surface area (Å²) in [5.74, 6) is -1.26. The molecule has 31 heavy (non-hydrogen) atoms. The van der Waals surface area contributed by atoms with Crippen LogP contribution in [0.4, 0.5) is 0 Å². The van der Waals surface area contributed by atoms with E-state index in [2.05, 4.69) is 17.9 Å². The summed E-state index contributed by atoms with van der Waals surface area (Å²) in [6, 6.07) is 0. The van der Waals surface area contributed by atoms with Gasteiger partial charge in [-0.05, 0) is 25.7 Å². The molecule has 0 bridgehead atoms. The summed E-state index contributed by atoms with van der Waals surface area (Å²) in [7, 11) is 1.41. The maximum Gasteiger partial charge on any atom is 0.330 e. The Bertz CT molecular complexity index is 449. The minimum atomic E-state index is -0.981. The molecule has 0 saturated heterocycles. The van der Waals surface area contributed by atoms with Crippen molar-refractivity contribution in [3.05, 3.63) is 25.3 Å². The minimum absolute atomic E-state index is 0.0258. The second kappa shape index (κ2) is 24.4. The van der Waals surface area contributed by atoms with Gasteiger partial charge in [0.25, 0.3) is 0 Å². The molecule has 0 aromatic carbocycles. The molecule has 0 aromatic heterocycles. The lowest BCUT2D eigenvalue weighted by Gasteiger charge is -2.20. The van der Waals surface area contributed by atoms with Crippen LogP contribution < -0.4 is 0 Å². The fourth-order valence-corrected chi connectivity index (χ4v) is 2.15. The maximum atomic E-state index is 10.7. The smallest absolute Gasteiger partial charge is 0.330 e. The van der Waals surface area contributed by atoms with E-state index in [0.717, 1.165) is 18.9 Å². The lowest BCUT2D eigenvalue weighted by atomic mass is 9.98. The van der Waals surface area contributed by atoms with Gasteiger partial charge in [-0.1, -0.05) is 19.6 Å². The first kappa shape index (κ1) is 31.4. The molecule has 0 heterocycles. The van der Waals surface area contributed by atoms with E-state index in [1.807, 2.05) is 0 Å². The first-order valence-corrected chi connectivity index (χ1v) is 10.1. The van der Waals surface area contributed by atoms with E-state index >= 15 is 0 Å². The Morgan fingerprint density at radius 3 is 1.94 bits per heavy atom. The highest BCUT2D eigenvalue weighted by atomic mass is 16.6. The molecule has 10 heteroatoms. The first-order chi connectivity index (χ1) is 14.9. The van der Waals surface area contributed by atoms with Crippen LogP contribution in [0.15, 0.2) is 25.3 Å². The number of aliphatic hydroxyl groups excluding tert-OH is 2. The minimum Gasteiger partial charge on any atom is -0.478 e. The fourth-order valence-electron chi connectivity index (χ4n) is 2.15. The largest absolute Gasteiger partial charge is 0.478 e. The quantitative estimate of drug-likeness (QED) is 0.153. The van der Waals surface area contributed by atoms with Crippen LogP contribution in [0.2, 0.25) is 0 Å². The normalized spacial score (nSPS) is 14.2. The summed E-state index contributed by atoms with van der Waals surface area (Å²) in [5, 5.41) is 24.9. The SMILES string of the molecule is C=CC(=O)O.C=CC(=O)OC1CCCCC1.COC(O)COCCOCCOCCO. The van der Waals surface area contributed by atoms with E-state index in [-0.39, 0.29) is 25.3 Å². The van der Waals surface area contributed by atoms with Gasteiger partial charge in [0.05, 0.1) is 46.2 Å². The monoisotopic (exact) mass is 450 g/mol. The summed E-state index contributed by atoms with van der Waals surface area (Å²) >= 11 is 0. The summed E-state index contributed by atoms with van der Waals surface area (Å²) in [6.07, 6.45) is 7.06. The molecule has 1 aliphatic rings. The number of esters is 1. The van der Waals surface area contributed by atoms with Crippen LogP contribution in [0.5, 0.6) is 0 Å². The Morgan fingerprint density at radius 1 is 0.968 bits per heavy atom. The highest BCUT2D eigenvalue weighted by molar-refractivity contribution is 5.81. The molecular weight excluding hydrogens is 412 g/mol. The molecule has 0 aliphatic heterocycles. The van der Waals surface area contributed by atoms with Gasteiger partial charge < -0.3 is 39.0 Å². The number of aliphatic carboxylic acids is 1. The standard InChI is InChI=1S/C9H20O6.C9H14O2.C3H4O2/c1-12-9(11)8-15-7-6-14-5-4-13-3-2-10;1-2-9(10)11-8-6-4-3-5-7-8;1-2-3(4)5/h9-11H,2-8H2,1H3;2,8H,1,3-7H2;2H,1H2,(H,4,5). The summed E-state index contributed by atoms with van der Waals surface area (Å²) in [4.78, 5) is 20.0. The molecule has 182 valence electrons. The molecule has 1 rings (SSSR count). The van der Waals surface area contributed by atoms with Crippen molar-refractivity contribution in [1.82, 2.24) is 0 Å². The number of carbonyl (C=O) groups excluding carboxylic acids is 1. The molecule has 3 N–H and O–H groups in total. The average molecular weight is 451 g/mol. The maximum absolute atomic E-state index is 10.7. The van der Waals surface area contributed by atoms with Gasteiger partial charge in [0.1, 0.15) is 6.10 Å². The number of rotatable bonds is 14. The summed E-state index contributed by atoms with van der Waals surface area (Å²) < 4.78 is 24.8. The number of ether oxygens (including phenoxy) is 5. The zero-order valence-corrected chi connectivity index (χ0v) is 18.4. The van der Waals surface area contributed by atoms with Gasteiger partial charge in [-0.25, -0.2) is 9.59 Å².